The average molecular weight is 285 g/mol. The Labute approximate surface area is 123 Å². The summed E-state index contributed by atoms with van der Waals surface area (Å²) in [5, 5.41) is 0. The molecule has 0 radical (unpaired) electrons. The van der Waals surface area contributed by atoms with Gasteiger partial charge in [-0.1, -0.05) is 39.0 Å². The fourth-order valence-electron chi connectivity index (χ4n) is 2.58. The number of unbranched alkanes of at least 4 members (excludes halogenated alkanes) is 5. The van der Waals surface area contributed by atoms with Gasteiger partial charge in [-0.15, -0.1) is 0 Å². The molecular formula is C16H31NO3. The molecular weight excluding hydrogens is 254 g/mol. The quantitative estimate of drug-likeness (QED) is 0.572. The van der Waals surface area contributed by atoms with E-state index in [1.807, 2.05) is 6.92 Å². The Balaban J connectivity index is 1.94. The molecule has 1 rings (SSSR count). The minimum atomic E-state index is -0.175. The minimum absolute atomic E-state index is 0.175. The molecule has 0 aromatic rings. The zero-order chi connectivity index (χ0) is 14.6. The Morgan fingerprint density at radius 1 is 1.15 bits per heavy atom. The topological polar surface area (TPSA) is 38.8 Å². The van der Waals surface area contributed by atoms with Crippen LogP contribution < -0.4 is 0 Å². The largest absolute Gasteiger partial charge is 0.450 e. The van der Waals surface area contributed by atoms with Gasteiger partial charge in [-0.05, 0) is 19.8 Å². The summed E-state index contributed by atoms with van der Waals surface area (Å²) in [6, 6.07) is 0. The lowest BCUT2D eigenvalue weighted by Gasteiger charge is -2.15. The van der Waals surface area contributed by atoms with Crippen molar-refractivity contribution in [3.63, 3.8) is 0 Å². The average Bonchev–Trinajstić information content (AvgIpc) is 2.91. The third kappa shape index (κ3) is 7.13. The second-order valence-corrected chi connectivity index (χ2v) is 5.64. The van der Waals surface area contributed by atoms with E-state index in [4.69, 9.17) is 9.47 Å². The molecule has 4 heteroatoms. The molecule has 118 valence electrons. The summed E-state index contributed by atoms with van der Waals surface area (Å²) in [5.41, 5.74) is 0. The Bertz CT molecular complexity index is 258. The smallest absolute Gasteiger partial charge is 0.409 e. The van der Waals surface area contributed by atoms with E-state index in [0.29, 0.717) is 12.5 Å². The Kier molecular flexibility index (Phi) is 9.46. The van der Waals surface area contributed by atoms with E-state index < -0.39 is 0 Å². The van der Waals surface area contributed by atoms with Crippen molar-refractivity contribution in [2.45, 2.75) is 58.8 Å². The number of amides is 1. The lowest BCUT2D eigenvalue weighted by atomic mass is 10.1. The van der Waals surface area contributed by atoms with Gasteiger partial charge in [0.1, 0.15) is 0 Å². The number of hydrogen-bond donors (Lipinski definition) is 0. The normalized spacial score (nSPS) is 18.5. The van der Waals surface area contributed by atoms with Crippen molar-refractivity contribution in [1.29, 1.82) is 0 Å². The van der Waals surface area contributed by atoms with Crippen molar-refractivity contribution < 1.29 is 14.3 Å². The summed E-state index contributed by atoms with van der Waals surface area (Å²) in [5.74, 6) is 0.486. The van der Waals surface area contributed by atoms with Crippen molar-refractivity contribution in [3.05, 3.63) is 0 Å². The first-order valence-corrected chi connectivity index (χ1v) is 8.27. The Hall–Kier alpha value is -0.770. The second-order valence-electron chi connectivity index (χ2n) is 5.64. The summed E-state index contributed by atoms with van der Waals surface area (Å²) >= 11 is 0. The highest BCUT2D eigenvalue weighted by atomic mass is 16.6. The molecule has 0 aliphatic carbocycles. The van der Waals surface area contributed by atoms with Crippen LogP contribution in [-0.4, -0.2) is 43.9 Å². The van der Waals surface area contributed by atoms with Crippen LogP contribution >= 0.6 is 0 Å². The van der Waals surface area contributed by atoms with Crippen LogP contribution in [0.3, 0.4) is 0 Å². The van der Waals surface area contributed by atoms with Gasteiger partial charge in [-0.25, -0.2) is 4.79 Å². The lowest BCUT2D eigenvalue weighted by molar-refractivity contribution is 0.0912. The molecule has 20 heavy (non-hydrogen) atoms. The number of nitrogens with zero attached hydrogens (tertiary/aromatic N) is 1. The molecule has 1 aliphatic rings. The molecule has 1 aliphatic heterocycles. The van der Waals surface area contributed by atoms with Gasteiger partial charge in [-0.2, -0.15) is 0 Å². The monoisotopic (exact) mass is 285 g/mol. The lowest BCUT2D eigenvalue weighted by Crippen LogP contribution is -2.29. The van der Waals surface area contributed by atoms with Crippen LogP contribution in [0.2, 0.25) is 0 Å². The van der Waals surface area contributed by atoms with E-state index in [1.54, 1.807) is 4.90 Å². The molecule has 1 atom stereocenters. The van der Waals surface area contributed by atoms with Crippen LogP contribution in [-0.2, 0) is 9.47 Å². The molecule has 1 amide bonds. The molecule has 0 spiro atoms. The van der Waals surface area contributed by atoms with Gasteiger partial charge in [0.2, 0.25) is 0 Å². The third-order valence-corrected chi connectivity index (χ3v) is 3.81. The molecule has 0 aromatic carbocycles. The van der Waals surface area contributed by atoms with E-state index >= 15 is 0 Å². The van der Waals surface area contributed by atoms with Crippen LogP contribution in [0.25, 0.3) is 0 Å². The van der Waals surface area contributed by atoms with Crippen LogP contribution in [0.4, 0.5) is 4.79 Å². The van der Waals surface area contributed by atoms with E-state index in [0.717, 1.165) is 39.1 Å². The van der Waals surface area contributed by atoms with Crippen LogP contribution in [0, 0.1) is 5.92 Å². The maximum atomic E-state index is 11.6. The third-order valence-electron chi connectivity index (χ3n) is 3.81. The molecule has 1 unspecified atom stereocenters. The summed E-state index contributed by atoms with van der Waals surface area (Å²) in [6.07, 6.45) is 8.64. The van der Waals surface area contributed by atoms with Gasteiger partial charge >= 0.3 is 6.09 Å². The molecule has 1 heterocycles. The van der Waals surface area contributed by atoms with Gasteiger partial charge in [0.05, 0.1) is 13.2 Å². The maximum Gasteiger partial charge on any atom is 0.409 e. The summed E-state index contributed by atoms with van der Waals surface area (Å²) in [4.78, 5) is 13.3. The predicted octanol–water partition coefficient (Wildman–Crippen LogP) is 3.84. The summed E-state index contributed by atoms with van der Waals surface area (Å²) in [6.45, 7) is 7.78. The van der Waals surface area contributed by atoms with Crippen molar-refractivity contribution in [1.82, 2.24) is 4.90 Å². The van der Waals surface area contributed by atoms with E-state index in [1.165, 1.54) is 32.1 Å². The fraction of sp³-hybridized carbons (Fsp3) is 0.938. The fourth-order valence-corrected chi connectivity index (χ4v) is 2.58. The summed E-state index contributed by atoms with van der Waals surface area (Å²) < 4.78 is 10.7. The first-order valence-electron chi connectivity index (χ1n) is 8.27. The summed E-state index contributed by atoms with van der Waals surface area (Å²) in [7, 11) is 0. The highest BCUT2D eigenvalue weighted by Gasteiger charge is 2.26. The number of rotatable bonds is 10. The highest BCUT2D eigenvalue weighted by molar-refractivity contribution is 5.67. The minimum Gasteiger partial charge on any atom is -0.450 e. The number of likely N-dealkylation sites (tertiary alicyclic amines) is 1. The van der Waals surface area contributed by atoms with Crippen LogP contribution in [0.15, 0.2) is 0 Å². The molecule has 0 saturated carbocycles. The maximum absolute atomic E-state index is 11.6. The molecule has 0 N–H and O–H groups in total. The Morgan fingerprint density at radius 2 is 1.90 bits per heavy atom. The molecule has 4 nitrogen and oxygen atoms in total. The Morgan fingerprint density at radius 3 is 2.65 bits per heavy atom. The van der Waals surface area contributed by atoms with Crippen molar-refractivity contribution in [2.75, 3.05) is 32.9 Å². The predicted molar refractivity (Wildman–Crippen MR) is 80.9 cm³/mol. The first kappa shape index (κ1) is 17.3. The number of ether oxygens (including phenoxy) is 2. The molecule has 1 saturated heterocycles. The second kappa shape index (κ2) is 11.0. The van der Waals surface area contributed by atoms with Gasteiger partial charge in [0.25, 0.3) is 0 Å². The van der Waals surface area contributed by atoms with Crippen molar-refractivity contribution in [2.24, 2.45) is 5.92 Å². The van der Waals surface area contributed by atoms with E-state index in [-0.39, 0.29) is 6.09 Å². The number of carbonyl (C=O) groups is 1. The van der Waals surface area contributed by atoms with Crippen LogP contribution in [0.5, 0.6) is 0 Å². The van der Waals surface area contributed by atoms with Gasteiger partial charge < -0.3 is 14.4 Å². The van der Waals surface area contributed by atoms with Crippen LogP contribution in [0.1, 0.15) is 58.8 Å². The molecule has 1 fully saturated rings. The van der Waals surface area contributed by atoms with Crippen molar-refractivity contribution in [3.8, 4) is 0 Å². The number of hydrogen-bond acceptors (Lipinski definition) is 3. The molecule has 0 bridgehead atoms. The SMILES string of the molecule is CCCCCCCCOCC1CCN(C(=O)OCC)C1. The van der Waals surface area contributed by atoms with Crippen molar-refractivity contribution >= 4 is 6.09 Å². The van der Waals surface area contributed by atoms with Gasteiger partial charge in [0, 0.05) is 25.6 Å². The first-order chi connectivity index (χ1) is 9.77. The van der Waals surface area contributed by atoms with Gasteiger partial charge in [-0.3, -0.25) is 0 Å². The molecule has 0 aromatic heterocycles. The standard InChI is InChI=1S/C16H31NO3/c1-3-5-6-7-8-9-12-19-14-15-10-11-17(13-15)16(18)20-4-2/h15H,3-14H2,1-2H3. The van der Waals surface area contributed by atoms with E-state index in [2.05, 4.69) is 6.92 Å². The zero-order valence-electron chi connectivity index (χ0n) is 13.2. The highest BCUT2D eigenvalue weighted by Crippen LogP contribution is 2.17. The number of carbonyl (C=O) groups excluding carboxylic acids is 1. The van der Waals surface area contributed by atoms with E-state index in [9.17, 15) is 4.79 Å². The zero-order valence-corrected chi connectivity index (χ0v) is 13.2. The van der Waals surface area contributed by atoms with Gasteiger partial charge in [0.15, 0.2) is 0 Å².